The van der Waals surface area contributed by atoms with Gasteiger partial charge in [-0.3, -0.25) is 4.79 Å². The molecule has 3 rings (SSSR count). The van der Waals surface area contributed by atoms with E-state index in [-0.39, 0.29) is 5.91 Å². The van der Waals surface area contributed by atoms with Gasteiger partial charge in [0.05, 0.1) is 6.33 Å². The van der Waals surface area contributed by atoms with Crippen molar-refractivity contribution in [3.63, 3.8) is 0 Å². The van der Waals surface area contributed by atoms with Crippen molar-refractivity contribution >= 4 is 5.91 Å². The fourth-order valence-corrected chi connectivity index (χ4v) is 2.26. The molecule has 3 aromatic heterocycles. The zero-order chi connectivity index (χ0) is 16.1. The van der Waals surface area contributed by atoms with Crippen LogP contribution in [0.5, 0.6) is 0 Å². The van der Waals surface area contributed by atoms with E-state index in [1.807, 2.05) is 22.9 Å². The van der Waals surface area contributed by atoms with Crippen LogP contribution in [0.2, 0.25) is 0 Å². The quantitative estimate of drug-likeness (QED) is 0.749. The number of hydrogen-bond donors (Lipinski definition) is 1. The lowest BCUT2D eigenvalue weighted by Crippen LogP contribution is -2.30. The normalized spacial score (nSPS) is 12.0. The molecule has 0 aliphatic carbocycles. The highest BCUT2D eigenvalue weighted by molar-refractivity contribution is 5.92. The van der Waals surface area contributed by atoms with E-state index in [2.05, 4.69) is 27.3 Å². The van der Waals surface area contributed by atoms with E-state index in [0.29, 0.717) is 24.0 Å². The summed E-state index contributed by atoms with van der Waals surface area (Å²) in [5, 5.41) is 7.04. The lowest BCUT2D eigenvalue weighted by Gasteiger charge is -2.13. The van der Waals surface area contributed by atoms with Crippen molar-refractivity contribution < 1.29 is 4.79 Å². The van der Waals surface area contributed by atoms with E-state index in [4.69, 9.17) is 0 Å². The molecular formula is C16H18N6O. The van der Waals surface area contributed by atoms with Gasteiger partial charge in [-0.1, -0.05) is 13.0 Å². The van der Waals surface area contributed by atoms with Crippen LogP contribution in [0.1, 0.15) is 17.4 Å². The Hall–Kier alpha value is -2.96. The zero-order valence-corrected chi connectivity index (χ0v) is 12.8. The van der Waals surface area contributed by atoms with Gasteiger partial charge >= 0.3 is 0 Å². The molecule has 118 valence electrons. The monoisotopic (exact) mass is 310 g/mol. The molecule has 1 unspecified atom stereocenters. The highest BCUT2D eigenvalue weighted by atomic mass is 16.1. The highest BCUT2D eigenvalue weighted by Crippen LogP contribution is 2.05. The number of hydrogen-bond acceptors (Lipinski definition) is 4. The number of nitrogens with one attached hydrogen (secondary N) is 1. The Bertz CT molecular complexity index is 751. The van der Waals surface area contributed by atoms with Crippen molar-refractivity contribution in [1.29, 1.82) is 0 Å². The summed E-state index contributed by atoms with van der Waals surface area (Å²) in [4.78, 5) is 20.6. The Morgan fingerprint density at radius 2 is 2.17 bits per heavy atom. The van der Waals surface area contributed by atoms with Crippen LogP contribution in [-0.2, 0) is 6.54 Å². The molecule has 0 aliphatic rings. The van der Waals surface area contributed by atoms with E-state index in [0.717, 1.165) is 6.54 Å². The first-order chi connectivity index (χ1) is 11.2. The maximum absolute atomic E-state index is 12.3. The van der Waals surface area contributed by atoms with Crippen molar-refractivity contribution in [2.75, 3.05) is 6.54 Å². The van der Waals surface area contributed by atoms with Crippen molar-refractivity contribution in [2.24, 2.45) is 5.92 Å². The van der Waals surface area contributed by atoms with Crippen LogP contribution in [0.15, 0.2) is 55.4 Å². The van der Waals surface area contributed by atoms with E-state index in [9.17, 15) is 4.79 Å². The average molecular weight is 310 g/mol. The summed E-state index contributed by atoms with van der Waals surface area (Å²) in [6, 6.07) is 7.12. The molecular weight excluding hydrogens is 292 g/mol. The second-order valence-electron chi connectivity index (χ2n) is 5.41. The Kier molecular flexibility index (Phi) is 4.46. The van der Waals surface area contributed by atoms with Crippen LogP contribution in [-0.4, -0.2) is 36.8 Å². The van der Waals surface area contributed by atoms with E-state index < -0.39 is 0 Å². The maximum Gasteiger partial charge on any atom is 0.269 e. The number of carbonyl (C=O) groups excluding carboxylic acids is 1. The highest BCUT2D eigenvalue weighted by Gasteiger charge is 2.11. The van der Waals surface area contributed by atoms with E-state index in [1.54, 1.807) is 41.7 Å². The van der Waals surface area contributed by atoms with Crippen LogP contribution in [0, 0.1) is 5.92 Å². The molecule has 0 saturated carbocycles. The molecule has 0 bridgehead atoms. The smallest absolute Gasteiger partial charge is 0.269 e. The Morgan fingerprint density at radius 3 is 2.91 bits per heavy atom. The maximum atomic E-state index is 12.3. The fourth-order valence-electron chi connectivity index (χ4n) is 2.26. The third-order valence-corrected chi connectivity index (χ3v) is 3.40. The Morgan fingerprint density at radius 1 is 1.26 bits per heavy atom. The first-order valence-corrected chi connectivity index (χ1v) is 7.43. The number of rotatable bonds is 6. The van der Waals surface area contributed by atoms with Crippen LogP contribution in [0.25, 0.3) is 5.82 Å². The van der Waals surface area contributed by atoms with Crippen LogP contribution in [0.3, 0.4) is 0 Å². The minimum absolute atomic E-state index is 0.184. The van der Waals surface area contributed by atoms with Crippen molar-refractivity contribution in [1.82, 2.24) is 29.6 Å². The molecule has 7 nitrogen and oxygen atoms in total. The molecule has 1 amide bonds. The van der Waals surface area contributed by atoms with Gasteiger partial charge < -0.3 is 9.88 Å². The number of carbonyl (C=O) groups is 1. The number of amides is 1. The second-order valence-corrected chi connectivity index (χ2v) is 5.41. The van der Waals surface area contributed by atoms with Gasteiger partial charge in [-0.15, -0.1) is 0 Å². The summed E-state index contributed by atoms with van der Waals surface area (Å²) in [5.74, 6) is 0.730. The summed E-state index contributed by atoms with van der Waals surface area (Å²) in [6.07, 6.45) is 8.89. The lowest BCUT2D eigenvalue weighted by molar-refractivity contribution is 0.0942. The molecule has 7 heteroatoms. The van der Waals surface area contributed by atoms with Gasteiger partial charge in [0, 0.05) is 37.9 Å². The number of imidazole rings is 1. The lowest BCUT2D eigenvalue weighted by atomic mass is 10.2. The van der Waals surface area contributed by atoms with Gasteiger partial charge in [0.25, 0.3) is 5.91 Å². The van der Waals surface area contributed by atoms with Crippen molar-refractivity contribution in [2.45, 2.75) is 13.5 Å². The largest absolute Gasteiger partial charge is 0.350 e. The summed E-state index contributed by atoms with van der Waals surface area (Å²) >= 11 is 0. The summed E-state index contributed by atoms with van der Waals surface area (Å²) in [6.45, 7) is 3.46. The minimum atomic E-state index is -0.184. The van der Waals surface area contributed by atoms with E-state index >= 15 is 0 Å². The van der Waals surface area contributed by atoms with Gasteiger partial charge in [-0.25, -0.2) is 14.6 Å². The van der Waals surface area contributed by atoms with Crippen LogP contribution in [0.4, 0.5) is 0 Å². The molecule has 1 N–H and O–H groups in total. The summed E-state index contributed by atoms with van der Waals surface area (Å²) < 4.78 is 3.62. The first-order valence-electron chi connectivity index (χ1n) is 7.43. The minimum Gasteiger partial charge on any atom is -0.350 e. The molecule has 23 heavy (non-hydrogen) atoms. The molecule has 0 spiro atoms. The molecule has 0 aromatic carbocycles. The molecule has 0 aliphatic heterocycles. The van der Waals surface area contributed by atoms with Gasteiger partial charge in [0.2, 0.25) is 0 Å². The third kappa shape index (κ3) is 3.82. The standard InChI is InChI=1S/C16H18N6O/c1-13(11-21-9-7-17-12-21)10-18-16(23)14-4-2-5-15(20-14)22-8-3-6-19-22/h2-9,12-13H,10-11H2,1H3,(H,18,23). The van der Waals surface area contributed by atoms with Gasteiger partial charge in [-0.05, 0) is 24.1 Å². The molecule has 3 heterocycles. The fraction of sp³-hybridized carbons (Fsp3) is 0.250. The Balaban J connectivity index is 1.59. The predicted octanol–water partition coefficient (Wildman–Crippen LogP) is 1.53. The summed E-state index contributed by atoms with van der Waals surface area (Å²) in [7, 11) is 0. The summed E-state index contributed by atoms with van der Waals surface area (Å²) in [5.41, 5.74) is 0.382. The van der Waals surface area contributed by atoms with Gasteiger partial charge in [0.15, 0.2) is 5.82 Å². The number of pyridine rings is 1. The molecule has 0 fully saturated rings. The number of aromatic nitrogens is 5. The average Bonchev–Trinajstić information content (AvgIpc) is 3.26. The van der Waals surface area contributed by atoms with E-state index in [1.165, 1.54) is 0 Å². The molecule has 3 aromatic rings. The number of nitrogens with zero attached hydrogens (tertiary/aromatic N) is 5. The topological polar surface area (TPSA) is 77.6 Å². The molecule has 0 radical (unpaired) electrons. The SMILES string of the molecule is CC(CNC(=O)c1cccc(-n2cccn2)n1)Cn1ccnc1. The van der Waals surface area contributed by atoms with Crippen LogP contribution >= 0.6 is 0 Å². The predicted molar refractivity (Wildman–Crippen MR) is 85.1 cm³/mol. The van der Waals surface area contributed by atoms with Gasteiger partial charge in [0.1, 0.15) is 5.69 Å². The Labute approximate surface area is 134 Å². The van der Waals surface area contributed by atoms with Crippen molar-refractivity contribution in [3.8, 4) is 5.82 Å². The molecule has 0 saturated heterocycles. The first kappa shape index (κ1) is 15.0. The third-order valence-electron chi connectivity index (χ3n) is 3.40. The van der Waals surface area contributed by atoms with Gasteiger partial charge in [-0.2, -0.15) is 5.10 Å². The second kappa shape index (κ2) is 6.87. The van der Waals surface area contributed by atoms with Crippen LogP contribution < -0.4 is 5.32 Å². The zero-order valence-electron chi connectivity index (χ0n) is 12.8. The van der Waals surface area contributed by atoms with Crippen molar-refractivity contribution in [3.05, 3.63) is 61.1 Å². The molecule has 1 atom stereocenters.